The van der Waals surface area contributed by atoms with Gasteiger partial charge in [-0.05, 0) is 0 Å². The summed E-state index contributed by atoms with van der Waals surface area (Å²) < 4.78 is 0. The molecule has 0 rings (SSSR count). The van der Waals surface area contributed by atoms with E-state index in [2.05, 4.69) is 17.2 Å². The lowest BCUT2D eigenvalue weighted by Gasteiger charge is -2.04. The Labute approximate surface area is 24.1 Å². The molecule has 0 aromatic carbocycles. The van der Waals surface area contributed by atoms with E-state index in [4.69, 9.17) is 0 Å². The fourth-order valence-corrected chi connectivity index (χ4v) is 0. The summed E-state index contributed by atoms with van der Waals surface area (Å²) >= 11 is 0. The van der Waals surface area contributed by atoms with Gasteiger partial charge in [-0.3, -0.25) is 5.84 Å². The Kier molecular flexibility index (Phi) is 2.73. The first kappa shape index (κ1) is 3.84. The first-order chi connectivity index (χ1) is 1.91. The van der Waals surface area contributed by atoms with Crippen molar-refractivity contribution >= 4 is 0 Å². The number of hydrogen-bond acceptors (Lipinski definition) is 3. The molecular weight excluding hydrogens is 56.0 g/mol. The molecule has 0 saturated carbocycles. The fraction of sp³-hybridized carbons (Fsp3) is 0. The monoisotopic (exact) mass is 61.1 g/mol. The molecule has 0 spiro atoms. The molecule has 0 aliphatic heterocycles. The molecule has 0 radical (unpaired) electrons. The van der Waals surface area contributed by atoms with E-state index >= 15 is 0 Å². The molecule has 0 aliphatic carbocycles. The Bertz CT molecular complexity index is 2.00. The molecule has 0 unspecified atom stereocenters. The third-order valence-corrected chi connectivity index (χ3v) is 0.0745. The van der Waals surface area contributed by atoms with Gasteiger partial charge >= 0.3 is 0 Å². The zero-order chi connectivity index (χ0) is 3.41. The highest BCUT2D eigenvalue weighted by Crippen LogP contribution is 1.33. The average molecular weight is 61.1 g/mol. The number of rotatable bonds is 1. The fourth-order valence-electron chi connectivity index (χ4n) is 0. The maximum atomic E-state index is 4.49. The van der Waals surface area contributed by atoms with Gasteiger partial charge in [-0.25, -0.2) is 0 Å². The van der Waals surface area contributed by atoms with E-state index in [1.54, 1.807) is 0 Å². The van der Waals surface area contributed by atoms with E-state index in [-0.39, 0.29) is 0 Å². The summed E-state index contributed by atoms with van der Waals surface area (Å²) in [5.41, 5.74) is 4.60. The van der Waals surface area contributed by atoms with E-state index in [1.807, 2.05) is 5.53 Å². The SMILES string of the molecule is N[N-]NN. The van der Waals surface area contributed by atoms with Gasteiger partial charge < -0.3 is 16.9 Å². The Morgan fingerprint density at radius 1 is 1.75 bits per heavy atom. The second-order valence-electron chi connectivity index (χ2n) is 0.258. The van der Waals surface area contributed by atoms with Gasteiger partial charge in [0, 0.05) is 0 Å². The molecule has 0 aromatic rings. The third kappa shape index (κ3) is 1.84. The first-order valence-electron chi connectivity index (χ1n) is 0.770. The van der Waals surface area contributed by atoms with E-state index in [9.17, 15) is 0 Å². The highest BCUT2D eigenvalue weighted by molar-refractivity contribution is 4.40. The lowest BCUT2D eigenvalue weighted by molar-refractivity contribution is 0.880. The Balaban J connectivity index is 1.97. The van der Waals surface area contributed by atoms with Crippen molar-refractivity contribution in [2.24, 2.45) is 11.7 Å². The summed E-state index contributed by atoms with van der Waals surface area (Å²) in [5.74, 6) is 8.90. The molecule has 0 atom stereocenters. The standard InChI is InChI=1S/H5N4/c1-3-4-2/h3H,1-2H2/q-1. The van der Waals surface area contributed by atoms with Crippen molar-refractivity contribution in [1.29, 1.82) is 0 Å². The van der Waals surface area contributed by atoms with Gasteiger partial charge in [0.2, 0.25) is 0 Å². The molecular formula is H5N4-. The van der Waals surface area contributed by atoms with E-state index in [1.165, 1.54) is 0 Å². The van der Waals surface area contributed by atoms with E-state index in [0.717, 1.165) is 0 Å². The summed E-state index contributed by atoms with van der Waals surface area (Å²) in [6.07, 6.45) is 0. The van der Waals surface area contributed by atoms with Gasteiger partial charge in [-0.1, -0.05) is 0 Å². The van der Waals surface area contributed by atoms with Crippen LogP contribution in [0.1, 0.15) is 0 Å². The molecule has 0 saturated heterocycles. The van der Waals surface area contributed by atoms with Gasteiger partial charge in [0.1, 0.15) is 0 Å². The molecule has 0 amide bonds. The highest BCUT2D eigenvalue weighted by Gasteiger charge is 1.21. The van der Waals surface area contributed by atoms with Crippen LogP contribution >= 0.6 is 0 Å². The second-order valence-corrected chi connectivity index (χ2v) is 0.258. The Morgan fingerprint density at radius 3 is 2.00 bits per heavy atom. The molecule has 26 valence electrons. The predicted molar refractivity (Wildman–Crippen MR) is 14.9 cm³/mol. The maximum Gasteiger partial charge on any atom is -0.288 e. The van der Waals surface area contributed by atoms with Crippen molar-refractivity contribution in [3.63, 3.8) is 0 Å². The Morgan fingerprint density at radius 2 is 2.00 bits per heavy atom. The van der Waals surface area contributed by atoms with Gasteiger partial charge in [-0.2, -0.15) is 0 Å². The highest BCUT2D eigenvalue weighted by atomic mass is 15.6. The van der Waals surface area contributed by atoms with Crippen LogP contribution in [0, 0.1) is 0 Å². The van der Waals surface area contributed by atoms with Crippen LogP contribution in [0.4, 0.5) is 0 Å². The second kappa shape index (κ2) is 2.84. The largest absolute Gasteiger partial charge is 0.521 e. The lowest BCUT2D eigenvalue weighted by Crippen LogP contribution is -2.18. The number of nitrogens with one attached hydrogen (secondary N) is 1. The molecule has 5 N–H and O–H groups in total. The molecule has 4 nitrogen and oxygen atoms in total. The molecule has 0 aliphatic rings. The summed E-state index contributed by atoms with van der Waals surface area (Å²) in [6, 6.07) is 0. The number of nitrogens with zero attached hydrogens (tertiary/aromatic N) is 1. The average Bonchev–Trinajstić information content (AvgIpc) is 1.37. The first-order valence-corrected chi connectivity index (χ1v) is 0.770. The number of nitrogens with two attached hydrogens (primary N) is 2. The molecule has 0 fully saturated rings. The Hall–Kier alpha value is -0.160. The summed E-state index contributed by atoms with van der Waals surface area (Å²) in [4.78, 5) is 0. The van der Waals surface area contributed by atoms with Crippen molar-refractivity contribution in [1.82, 2.24) is 5.53 Å². The van der Waals surface area contributed by atoms with Gasteiger partial charge in [0.05, 0.1) is 0 Å². The molecule has 0 aromatic heterocycles. The van der Waals surface area contributed by atoms with Crippen molar-refractivity contribution in [3.05, 3.63) is 5.53 Å². The van der Waals surface area contributed by atoms with Crippen LogP contribution in [0.25, 0.3) is 5.53 Å². The van der Waals surface area contributed by atoms with Crippen molar-refractivity contribution in [3.8, 4) is 0 Å². The summed E-state index contributed by atoms with van der Waals surface area (Å²) in [6.45, 7) is 0. The topological polar surface area (TPSA) is 78.2 Å². The van der Waals surface area contributed by atoms with Crippen LogP contribution in [-0.2, 0) is 0 Å². The lowest BCUT2D eigenvalue weighted by atomic mass is 12.4. The van der Waals surface area contributed by atoms with Crippen LogP contribution in [0.3, 0.4) is 0 Å². The van der Waals surface area contributed by atoms with E-state index in [0.29, 0.717) is 0 Å². The molecule has 0 bridgehead atoms. The maximum absolute atomic E-state index is 4.49. The quantitative estimate of drug-likeness (QED) is 0.258. The third-order valence-electron chi connectivity index (χ3n) is 0.0745. The smallest absolute Gasteiger partial charge is 0.288 e. The van der Waals surface area contributed by atoms with Crippen LogP contribution in [0.5, 0.6) is 0 Å². The van der Waals surface area contributed by atoms with Crippen LogP contribution in [-0.4, -0.2) is 0 Å². The minimum Gasteiger partial charge on any atom is -0.521 e. The number of hydrogen-bond donors (Lipinski definition) is 3. The van der Waals surface area contributed by atoms with Gasteiger partial charge in [-0.15, -0.1) is 0 Å². The van der Waals surface area contributed by atoms with Crippen molar-refractivity contribution in [2.45, 2.75) is 0 Å². The summed E-state index contributed by atoms with van der Waals surface area (Å²) in [5, 5.41) is 0. The normalized spacial score (nSPS) is 7.50. The molecule has 4 heavy (non-hydrogen) atoms. The van der Waals surface area contributed by atoms with E-state index < -0.39 is 0 Å². The number of hydrazine groups is 1. The molecule has 4 heteroatoms. The van der Waals surface area contributed by atoms with Crippen LogP contribution in [0.2, 0.25) is 0 Å². The summed E-state index contributed by atoms with van der Waals surface area (Å²) in [7, 11) is 0. The zero-order valence-electron chi connectivity index (χ0n) is 2.10. The van der Waals surface area contributed by atoms with Gasteiger partial charge in [0.15, 0.2) is 0 Å². The minimum absolute atomic E-state index is 1.83. The predicted octanol–water partition coefficient (Wildman–Crippen LogP) is -1.39. The molecule has 0 heterocycles. The van der Waals surface area contributed by atoms with Gasteiger partial charge in [0.25, 0.3) is 0 Å². The van der Waals surface area contributed by atoms with Crippen molar-refractivity contribution < 1.29 is 0 Å². The zero-order valence-corrected chi connectivity index (χ0v) is 2.10. The van der Waals surface area contributed by atoms with Crippen molar-refractivity contribution in [2.75, 3.05) is 0 Å². The van der Waals surface area contributed by atoms with Crippen LogP contribution in [0.15, 0.2) is 0 Å². The minimum atomic E-state index is 1.83. The van der Waals surface area contributed by atoms with Crippen LogP contribution < -0.4 is 17.2 Å².